The van der Waals surface area contributed by atoms with Crippen LogP contribution in [0.1, 0.15) is 5.56 Å². The predicted octanol–water partition coefficient (Wildman–Crippen LogP) is 3.79. The van der Waals surface area contributed by atoms with Crippen molar-refractivity contribution in [1.29, 1.82) is 0 Å². The Morgan fingerprint density at radius 1 is 1.33 bits per heavy atom. The van der Waals surface area contributed by atoms with Gasteiger partial charge in [-0.05, 0) is 24.4 Å². The second kappa shape index (κ2) is 5.50. The highest BCUT2D eigenvalue weighted by Gasteiger charge is 2.03. The predicted molar refractivity (Wildman–Crippen MR) is 71.0 cm³/mol. The minimum absolute atomic E-state index is 0.580. The lowest BCUT2D eigenvalue weighted by Crippen LogP contribution is -2.02. The Labute approximate surface area is 105 Å². The number of halogens is 2. The molecule has 80 valence electrons. The number of hydrogen-bond acceptors (Lipinski definition) is 2. The fourth-order valence-electron chi connectivity index (χ4n) is 0.996. The molecule has 0 aromatic heterocycles. The summed E-state index contributed by atoms with van der Waals surface area (Å²) in [5.74, 6) is 0. The molecule has 0 N–H and O–H groups in total. The number of allylic oxidation sites excluding steroid dienone is 1. The van der Waals surface area contributed by atoms with Crippen molar-refractivity contribution in [1.82, 2.24) is 4.90 Å². The molecule has 0 amide bonds. The summed E-state index contributed by atoms with van der Waals surface area (Å²) in [7, 11) is 3.87. The van der Waals surface area contributed by atoms with Crippen molar-refractivity contribution in [2.75, 3.05) is 14.1 Å². The van der Waals surface area contributed by atoms with Gasteiger partial charge in [0, 0.05) is 29.5 Å². The van der Waals surface area contributed by atoms with E-state index in [-0.39, 0.29) is 0 Å². The highest BCUT2D eigenvalue weighted by atomic mass is 35.5. The quantitative estimate of drug-likeness (QED) is 0.462. The maximum Gasteiger partial charge on any atom is 0.0507 e. The number of hydrogen-bond donors (Lipinski definition) is 0. The van der Waals surface area contributed by atoms with Crippen molar-refractivity contribution in [3.63, 3.8) is 0 Å². The molecule has 1 aromatic carbocycles. The molecule has 0 saturated carbocycles. The molecule has 1 nitrogen and oxygen atoms in total. The molecule has 0 heterocycles. The van der Waals surface area contributed by atoms with Crippen LogP contribution in [0, 0.1) is 0 Å². The standard InChI is InChI=1S/C11H11Cl2NS/c1-14(2)6-5-11(15)9-4-3-8(12)7-10(9)13/h3-7H,1-2H3/b6-5+. The first-order chi connectivity index (χ1) is 7.00. The summed E-state index contributed by atoms with van der Waals surface area (Å²) in [5, 5.41) is 1.19. The largest absolute Gasteiger partial charge is 0.383 e. The van der Waals surface area contributed by atoms with Crippen molar-refractivity contribution in [2.24, 2.45) is 0 Å². The van der Waals surface area contributed by atoms with Gasteiger partial charge in [-0.15, -0.1) is 0 Å². The monoisotopic (exact) mass is 259 g/mol. The molecule has 0 spiro atoms. The Kier molecular flexibility index (Phi) is 4.58. The number of thiocarbonyl (C=S) groups is 1. The summed E-state index contributed by atoms with van der Waals surface area (Å²) in [5.41, 5.74) is 0.828. The zero-order chi connectivity index (χ0) is 11.4. The average molecular weight is 260 g/mol. The van der Waals surface area contributed by atoms with Gasteiger partial charge in [0.05, 0.1) is 5.02 Å². The SMILES string of the molecule is CN(C)/C=C/C(=S)c1ccc(Cl)cc1Cl. The Morgan fingerprint density at radius 2 is 2.00 bits per heavy atom. The maximum absolute atomic E-state index is 6.02. The topological polar surface area (TPSA) is 3.24 Å². The maximum atomic E-state index is 6.02. The molecular formula is C11H11Cl2NS. The van der Waals surface area contributed by atoms with E-state index in [2.05, 4.69) is 0 Å². The van der Waals surface area contributed by atoms with Crippen LogP contribution < -0.4 is 0 Å². The smallest absolute Gasteiger partial charge is 0.0507 e. The summed E-state index contributed by atoms with van der Waals surface area (Å²) in [4.78, 5) is 2.61. The van der Waals surface area contributed by atoms with Gasteiger partial charge in [0.15, 0.2) is 0 Å². The van der Waals surface area contributed by atoms with E-state index in [0.29, 0.717) is 14.9 Å². The molecule has 0 bridgehead atoms. The molecule has 4 heteroatoms. The number of benzene rings is 1. The Hall–Kier alpha value is -0.570. The zero-order valence-corrected chi connectivity index (χ0v) is 10.8. The molecule has 0 aliphatic rings. The van der Waals surface area contributed by atoms with Crippen molar-refractivity contribution >= 4 is 40.3 Å². The number of nitrogens with zero attached hydrogens (tertiary/aromatic N) is 1. The zero-order valence-electron chi connectivity index (χ0n) is 8.50. The van der Waals surface area contributed by atoms with Gasteiger partial charge in [-0.2, -0.15) is 0 Å². The van der Waals surface area contributed by atoms with Crippen molar-refractivity contribution in [2.45, 2.75) is 0 Å². The minimum atomic E-state index is 0.580. The normalized spacial score (nSPS) is 10.7. The molecular weight excluding hydrogens is 249 g/mol. The van der Waals surface area contributed by atoms with Crippen LogP contribution in [0.25, 0.3) is 0 Å². The van der Waals surface area contributed by atoms with Crippen LogP contribution in [-0.2, 0) is 0 Å². The lowest BCUT2D eigenvalue weighted by molar-refractivity contribution is 0.564. The van der Waals surface area contributed by atoms with E-state index >= 15 is 0 Å². The molecule has 0 aliphatic heterocycles. The van der Waals surface area contributed by atoms with E-state index < -0.39 is 0 Å². The minimum Gasteiger partial charge on any atom is -0.383 e. The van der Waals surface area contributed by atoms with Gasteiger partial charge in [-0.1, -0.05) is 41.5 Å². The third kappa shape index (κ3) is 3.82. The van der Waals surface area contributed by atoms with Crippen molar-refractivity contribution < 1.29 is 0 Å². The summed E-state index contributed by atoms with van der Waals surface area (Å²) < 4.78 is 0. The Bertz CT molecular complexity index is 400. The van der Waals surface area contributed by atoms with Gasteiger partial charge < -0.3 is 4.90 Å². The molecule has 0 unspecified atom stereocenters. The Morgan fingerprint density at radius 3 is 2.53 bits per heavy atom. The van der Waals surface area contributed by atoms with E-state index in [1.807, 2.05) is 37.3 Å². The summed E-state index contributed by atoms with van der Waals surface area (Å²) in [6.07, 6.45) is 3.72. The molecule has 0 saturated heterocycles. The number of rotatable bonds is 3. The third-order valence-electron chi connectivity index (χ3n) is 1.72. The van der Waals surface area contributed by atoms with Crippen LogP contribution in [0.5, 0.6) is 0 Å². The van der Waals surface area contributed by atoms with Crippen molar-refractivity contribution in [3.8, 4) is 0 Å². The van der Waals surface area contributed by atoms with Crippen LogP contribution in [0.3, 0.4) is 0 Å². The molecule has 0 atom stereocenters. The molecule has 1 rings (SSSR count). The van der Waals surface area contributed by atoms with E-state index in [1.54, 1.807) is 12.1 Å². The molecule has 0 radical (unpaired) electrons. The summed E-state index contributed by atoms with van der Waals surface area (Å²) in [6.45, 7) is 0. The van der Waals surface area contributed by atoms with Gasteiger partial charge in [0.1, 0.15) is 0 Å². The summed E-state index contributed by atoms with van der Waals surface area (Å²) in [6, 6.07) is 5.29. The molecule has 0 aliphatic carbocycles. The first-order valence-corrected chi connectivity index (χ1v) is 5.51. The van der Waals surface area contributed by atoms with Gasteiger partial charge in [-0.3, -0.25) is 0 Å². The van der Waals surface area contributed by atoms with Crippen LogP contribution in [-0.4, -0.2) is 23.9 Å². The first kappa shape index (κ1) is 12.5. The second-order valence-corrected chi connectivity index (χ2v) is 4.55. The van der Waals surface area contributed by atoms with Crippen LogP contribution in [0.4, 0.5) is 0 Å². The van der Waals surface area contributed by atoms with E-state index in [1.165, 1.54) is 0 Å². The highest BCUT2D eigenvalue weighted by molar-refractivity contribution is 7.81. The van der Waals surface area contributed by atoms with E-state index in [9.17, 15) is 0 Å². The third-order valence-corrected chi connectivity index (χ3v) is 2.62. The highest BCUT2D eigenvalue weighted by Crippen LogP contribution is 2.22. The second-order valence-electron chi connectivity index (χ2n) is 3.27. The average Bonchev–Trinajstić information content (AvgIpc) is 2.14. The van der Waals surface area contributed by atoms with Crippen molar-refractivity contribution in [3.05, 3.63) is 46.1 Å². The van der Waals surface area contributed by atoms with Gasteiger partial charge in [0.25, 0.3) is 0 Å². The fraction of sp³-hybridized carbons (Fsp3) is 0.182. The molecule has 1 aromatic rings. The molecule has 15 heavy (non-hydrogen) atoms. The first-order valence-electron chi connectivity index (χ1n) is 4.34. The van der Waals surface area contributed by atoms with Gasteiger partial charge >= 0.3 is 0 Å². The summed E-state index contributed by atoms with van der Waals surface area (Å²) >= 11 is 17.0. The van der Waals surface area contributed by atoms with Gasteiger partial charge in [0.2, 0.25) is 0 Å². The lowest BCUT2D eigenvalue weighted by atomic mass is 10.1. The van der Waals surface area contributed by atoms with Crippen LogP contribution in [0.15, 0.2) is 30.5 Å². The fourth-order valence-corrected chi connectivity index (χ4v) is 1.80. The lowest BCUT2D eigenvalue weighted by Gasteiger charge is -2.05. The van der Waals surface area contributed by atoms with E-state index in [4.69, 9.17) is 35.4 Å². The van der Waals surface area contributed by atoms with Crippen LogP contribution >= 0.6 is 35.4 Å². The molecule has 0 fully saturated rings. The van der Waals surface area contributed by atoms with Crippen LogP contribution in [0.2, 0.25) is 10.0 Å². The Balaban J connectivity index is 2.92. The van der Waals surface area contributed by atoms with Gasteiger partial charge in [-0.25, -0.2) is 0 Å². The van der Waals surface area contributed by atoms with E-state index in [0.717, 1.165) is 5.56 Å².